The van der Waals surface area contributed by atoms with Crippen LogP contribution in [0.25, 0.3) is 10.9 Å². The monoisotopic (exact) mass is 421 g/mol. The number of fused-ring (bicyclic) bond motifs is 1. The van der Waals surface area contributed by atoms with Crippen molar-refractivity contribution >= 4 is 22.7 Å². The van der Waals surface area contributed by atoms with Crippen LogP contribution in [-0.4, -0.2) is 64.5 Å². The molecule has 1 atom stereocenters. The number of likely N-dealkylation sites (tertiary alicyclic amines) is 1. The molecule has 1 saturated heterocycles. The third-order valence-corrected chi connectivity index (χ3v) is 5.85. The molecule has 2 amide bonds. The summed E-state index contributed by atoms with van der Waals surface area (Å²) < 4.78 is 5.42. The number of aromatic nitrogens is 3. The zero-order valence-electron chi connectivity index (χ0n) is 18.3. The average molecular weight is 422 g/mol. The predicted molar refractivity (Wildman–Crippen MR) is 117 cm³/mol. The Morgan fingerprint density at radius 1 is 1.23 bits per heavy atom. The maximum absolute atomic E-state index is 13.7. The molecule has 0 saturated carbocycles. The van der Waals surface area contributed by atoms with Gasteiger partial charge < -0.3 is 14.5 Å². The van der Waals surface area contributed by atoms with Gasteiger partial charge in [-0.05, 0) is 38.3 Å². The number of aromatic amines is 1. The Kier molecular flexibility index (Phi) is 5.63. The molecule has 1 aliphatic heterocycles. The molecule has 31 heavy (non-hydrogen) atoms. The van der Waals surface area contributed by atoms with Gasteiger partial charge in [0.1, 0.15) is 11.3 Å². The van der Waals surface area contributed by atoms with Gasteiger partial charge in [0.15, 0.2) is 0 Å². The van der Waals surface area contributed by atoms with Crippen molar-refractivity contribution in [3.63, 3.8) is 0 Å². The lowest BCUT2D eigenvalue weighted by atomic mass is 9.95. The van der Waals surface area contributed by atoms with Crippen molar-refractivity contribution < 1.29 is 14.3 Å². The number of H-pyrrole nitrogens is 1. The molecule has 1 aliphatic rings. The number of piperidine rings is 1. The summed E-state index contributed by atoms with van der Waals surface area (Å²) in [4.78, 5) is 34.3. The first-order valence-electron chi connectivity index (χ1n) is 10.4. The molecule has 0 radical (unpaired) electrons. The molecule has 3 aromatic rings. The van der Waals surface area contributed by atoms with Crippen molar-refractivity contribution in [1.82, 2.24) is 25.0 Å². The van der Waals surface area contributed by atoms with Gasteiger partial charge in [-0.25, -0.2) is 4.98 Å². The number of benzene rings is 1. The fourth-order valence-electron chi connectivity index (χ4n) is 4.24. The van der Waals surface area contributed by atoms with Crippen molar-refractivity contribution in [2.45, 2.75) is 32.2 Å². The number of carbonyl (C=O) groups is 2. The number of rotatable bonds is 4. The van der Waals surface area contributed by atoms with E-state index in [0.717, 1.165) is 30.2 Å². The normalized spacial score (nSPS) is 16.4. The van der Waals surface area contributed by atoms with E-state index in [9.17, 15) is 9.59 Å². The molecule has 0 spiro atoms. The van der Waals surface area contributed by atoms with Gasteiger partial charge in [0, 0.05) is 26.0 Å². The molecule has 1 fully saturated rings. The zero-order valence-corrected chi connectivity index (χ0v) is 18.3. The predicted octanol–water partition coefficient (Wildman–Crippen LogP) is 3.34. The number of carbonyl (C=O) groups excluding carboxylic acids is 2. The Morgan fingerprint density at radius 2 is 2.03 bits per heavy atom. The van der Waals surface area contributed by atoms with E-state index in [0.29, 0.717) is 34.8 Å². The molecule has 4 rings (SSSR count). The summed E-state index contributed by atoms with van der Waals surface area (Å²) in [5.74, 6) is 0.467. The van der Waals surface area contributed by atoms with E-state index in [1.807, 2.05) is 36.1 Å². The first-order valence-corrected chi connectivity index (χ1v) is 10.4. The van der Waals surface area contributed by atoms with Crippen LogP contribution in [0, 0.1) is 6.92 Å². The van der Waals surface area contributed by atoms with E-state index >= 15 is 0 Å². The van der Waals surface area contributed by atoms with E-state index in [-0.39, 0.29) is 17.9 Å². The highest BCUT2D eigenvalue weighted by Crippen LogP contribution is 2.34. The molecule has 1 aromatic carbocycles. The van der Waals surface area contributed by atoms with Gasteiger partial charge in [0.25, 0.3) is 11.8 Å². The van der Waals surface area contributed by atoms with Gasteiger partial charge in [-0.15, -0.1) is 0 Å². The van der Waals surface area contributed by atoms with Gasteiger partial charge in [-0.2, -0.15) is 5.10 Å². The largest absolute Gasteiger partial charge is 0.494 e. The number of methoxy groups -OCH3 is 1. The molecular weight excluding hydrogens is 394 g/mol. The molecule has 1 N–H and O–H groups in total. The van der Waals surface area contributed by atoms with Crippen LogP contribution in [0.4, 0.5) is 0 Å². The van der Waals surface area contributed by atoms with Crippen molar-refractivity contribution in [1.29, 1.82) is 0 Å². The van der Waals surface area contributed by atoms with E-state index < -0.39 is 0 Å². The summed E-state index contributed by atoms with van der Waals surface area (Å²) in [6.45, 7) is 2.46. The summed E-state index contributed by atoms with van der Waals surface area (Å²) in [5, 5.41) is 7.95. The fourth-order valence-corrected chi connectivity index (χ4v) is 4.24. The van der Waals surface area contributed by atoms with Crippen molar-refractivity contribution in [3.05, 3.63) is 53.0 Å². The van der Waals surface area contributed by atoms with Gasteiger partial charge in [0.2, 0.25) is 0 Å². The quantitative estimate of drug-likeness (QED) is 0.698. The smallest absolute Gasteiger partial charge is 0.256 e. The molecule has 0 aliphatic carbocycles. The van der Waals surface area contributed by atoms with Crippen LogP contribution in [0.5, 0.6) is 5.75 Å². The molecular formula is C23H27N5O3. The number of pyridine rings is 1. The van der Waals surface area contributed by atoms with Crippen LogP contribution in [-0.2, 0) is 0 Å². The molecule has 162 valence electrons. The number of nitrogens with zero attached hydrogens (tertiary/aromatic N) is 4. The SMILES string of the molecule is COc1cccc2cc(C(=O)N3CCCCC3c3[nH]ncc3C(=O)N(C)C)c(C)nc12. The molecule has 3 heterocycles. The summed E-state index contributed by atoms with van der Waals surface area (Å²) in [6.07, 6.45) is 4.22. The summed E-state index contributed by atoms with van der Waals surface area (Å²) >= 11 is 0. The lowest BCUT2D eigenvalue weighted by Crippen LogP contribution is -2.40. The molecule has 0 bridgehead atoms. The highest BCUT2D eigenvalue weighted by molar-refractivity contribution is 6.00. The number of amides is 2. The maximum atomic E-state index is 13.7. The highest BCUT2D eigenvalue weighted by Gasteiger charge is 2.33. The topological polar surface area (TPSA) is 91.4 Å². The Hall–Kier alpha value is -3.42. The van der Waals surface area contributed by atoms with E-state index in [2.05, 4.69) is 15.2 Å². The number of hydrogen-bond donors (Lipinski definition) is 1. The summed E-state index contributed by atoms with van der Waals surface area (Å²) in [5.41, 5.74) is 3.16. The van der Waals surface area contributed by atoms with E-state index in [1.54, 1.807) is 27.4 Å². The molecule has 1 unspecified atom stereocenters. The first kappa shape index (κ1) is 20.8. The molecule has 2 aromatic heterocycles. The molecule has 8 heteroatoms. The number of para-hydroxylation sites is 1. The van der Waals surface area contributed by atoms with Crippen LogP contribution in [0.3, 0.4) is 0 Å². The minimum atomic E-state index is -0.233. The van der Waals surface area contributed by atoms with Crippen molar-refractivity contribution in [2.24, 2.45) is 0 Å². The lowest BCUT2D eigenvalue weighted by Gasteiger charge is -2.36. The Morgan fingerprint density at radius 3 is 2.77 bits per heavy atom. The van der Waals surface area contributed by atoms with Gasteiger partial charge in [-0.3, -0.25) is 14.7 Å². The Labute approximate surface area is 181 Å². The number of hydrogen-bond acceptors (Lipinski definition) is 5. The first-order chi connectivity index (χ1) is 14.9. The number of aryl methyl sites for hydroxylation is 1. The standard InChI is InChI=1S/C23H27N5O3/c1-14-16(12-15-8-7-10-19(31-4)20(15)25-14)23(30)28-11-6-5-9-18(28)21-17(13-24-26-21)22(29)27(2)3/h7-8,10,12-13,18H,5-6,9,11H2,1-4H3,(H,24,26). The van der Waals surface area contributed by atoms with Gasteiger partial charge in [-0.1, -0.05) is 12.1 Å². The maximum Gasteiger partial charge on any atom is 0.256 e. The lowest BCUT2D eigenvalue weighted by molar-refractivity contribution is 0.0599. The fraction of sp³-hybridized carbons (Fsp3) is 0.391. The van der Waals surface area contributed by atoms with Crippen LogP contribution < -0.4 is 4.74 Å². The number of nitrogens with one attached hydrogen (secondary N) is 1. The minimum Gasteiger partial charge on any atom is -0.494 e. The summed E-state index contributed by atoms with van der Waals surface area (Å²) in [6, 6.07) is 7.33. The third-order valence-electron chi connectivity index (χ3n) is 5.85. The Balaban J connectivity index is 1.73. The second-order valence-corrected chi connectivity index (χ2v) is 8.06. The van der Waals surface area contributed by atoms with E-state index in [1.165, 1.54) is 4.90 Å². The van der Waals surface area contributed by atoms with Crippen molar-refractivity contribution in [3.8, 4) is 5.75 Å². The van der Waals surface area contributed by atoms with Crippen LogP contribution >= 0.6 is 0 Å². The number of ether oxygens (including phenoxy) is 1. The van der Waals surface area contributed by atoms with Crippen LogP contribution in [0.1, 0.15) is 57.4 Å². The zero-order chi connectivity index (χ0) is 22.1. The van der Waals surface area contributed by atoms with Crippen molar-refractivity contribution in [2.75, 3.05) is 27.7 Å². The van der Waals surface area contributed by atoms with Crippen LogP contribution in [0.15, 0.2) is 30.5 Å². The van der Waals surface area contributed by atoms with Gasteiger partial charge >= 0.3 is 0 Å². The molecule has 8 nitrogen and oxygen atoms in total. The van der Waals surface area contributed by atoms with Gasteiger partial charge in [0.05, 0.1) is 41.9 Å². The van der Waals surface area contributed by atoms with Crippen LogP contribution in [0.2, 0.25) is 0 Å². The second kappa shape index (κ2) is 8.37. The van der Waals surface area contributed by atoms with E-state index in [4.69, 9.17) is 4.74 Å². The second-order valence-electron chi connectivity index (χ2n) is 8.06. The Bertz CT molecular complexity index is 1140. The highest BCUT2D eigenvalue weighted by atomic mass is 16.5. The average Bonchev–Trinajstić information content (AvgIpc) is 3.26. The third kappa shape index (κ3) is 3.73. The minimum absolute atomic E-state index is 0.0859. The summed E-state index contributed by atoms with van der Waals surface area (Å²) in [7, 11) is 5.03.